The molecule has 3 heterocycles. The Morgan fingerprint density at radius 1 is 1.17 bits per heavy atom. The van der Waals surface area contributed by atoms with Gasteiger partial charge in [-0.1, -0.05) is 26.0 Å². The van der Waals surface area contributed by atoms with Crippen LogP contribution in [0.25, 0.3) is 0 Å². The molecule has 0 bridgehead atoms. The molecule has 1 aliphatic rings. The highest BCUT2D eigenvalue weighted by Gasteiger charge is 2.32. The fourth-order valence-electron chi connectivity index (χ4n) is 4.42. The van der Waals surface area contributed by atoms with Crippen LogP contribution < -0.4 is 10.6 Å². The lowest BCUT2D eigenvalue weighted by atomic mass is 10.0. The Kier molecular flexibility index (Phi) is 8.83. The van der Waals surface area contributed by atoms with Crippen molar-refractivity contribution < 1.29 is 9.59 Å². The van der Waals surface area contributed by atoms with Crippen molar-refractivity contribution >= 4 is 23.2 Å². The van der Waals surface area contributed by atoms with E-state index in [1.54, 1.807) is 35.6 Å². The van der Waals surface area contributed by atoms with E-state index in [0.29, 0.717) is 30.1 Å². The summed E-state index contributed by atoms with van der Waals surface area (Å²) in [6.07, 6.45) is 6.49. The molecular formula is C28H35N5O2S. The van der Waals surface area contributed by atoms with E-state index in [-0.39, 0.29) is 17.9 Å². The van der Waals surface area contributed by atoms with Gasteiger partial charge in [-0.25, -0.2) is 4.98 Å². The summed E-state index contributed by atoms with van der Waals surface area (Å²) in [5.41, 5.74) is 4.44. The molecule has 0 aliphatic carbocycles. The Bertz CT molecular complexity index is 1190. The Labute approximate surface area is 217 Å². The van der Waals surface area contributed by atoms with Gasteiger partial charge >= 0.3 is 0 Å². The number of nitrogens with one attached hydrogen (secondary N) is 2. The van der Waals surface area contributed by atoms with E-state index in [1.165, 1.54) is 5.56 Å². The van der Waals surface area contributed by atoms with Gasteiger partial charge in [0.25, 0.3) is 11.8 Å². The molecule has 36 heavy (non-hydrogen) atoms. The highest BCUT2D eigenvalue weighted by Crippen LogP contribution is 2.34. The van der Waals surface area contributed by atoms with E-state index in [4.69, 9.17) is 0 Å². The third kappa shape index (κ3) is 6.56. The molecule has 1 atom stereocenters. The SMILES string of the molecule is Cc1csc([C@H]2CCCN2C(=O)c2cccc(C(=O)NCCCNCc3cncc(C(C)C)c3)c2)n1. The number of nitrogens with zero attached hydrogens (tertiary/aromatic N) is 3. The summed E-state index contributed by atoms with van der Waals surface area (Å²) in [7, 11) is 0. The lowest BCUT2D eigenvalue weighted by Gasteiger charge is -2.23. The minimum absolute atomic E-state index is 0.0183. The van der Waals surface area contributed by atoms with Crippen LogP contribution in [0.3, 0.4) is 0 Å². The van der Waals surface area contributed by atoms with Gasteiger partial charge in [-0.05, 0) is 68.0 Å². The highest BCUT2D eigenvalue weighted by molar-refractivity contribution is 7.09. The lowest BCUT2D eigenvalue weighted by molar-refractivity contribution is 0.0735. The summed E-state index contributed by atoms with van der Waals surface area (Å²) in [6.45, 7) is 9.11. The lowest BCUT2D eigenvalue weighted by Crippen LogP contribution is -2.31. The second-order valence-corrected chi connectivity index (χ2v) is 10.5. The van der Waals surface area contributed by atoms with Gasteiger partial charge in [0.2, 0.25) is 0 Å². The molecular weight excluding hydrogens is 470 g/mol. The van der Waals surface area contributed by atoms with Crippen molar-refractivity contribution in [1.29, 1.82) is 0 Å². The zero-order valence-electron chi connectivity index (χ0n) is 21.3. The van der Waals surface area contributed by atoms with E-state index in [9.17, 15) is 9.59 Å². The Balaban J connectivity index is 1.25. The quantitative estimate of drug-likeness (QED) is 0.385. The highest BCUT2D eigenvalue weighted by atomic mass is 32.1. The number of hydrogen-bond donors (Lipinski definition) is 2. The van der Waals surface area contributed by atoms with Crippen molar-refractivity contribution in [2.75, 3.05) is 19.6 Å². The van der Waals surface area contributed by atoms with Crippen LogP contribution >= 0.6 is 11.3 Å². The zero-order chi connectivity index (χ0) is 25.5. The summed E-state index contributed by atoms with van der Waals surface area (Å²) in [5.74, 6) is 0.257. The molecule has 0 saturated carbocycles. The summed E-state index contributed by atoms with van der Waals surface area (Å²) in [5, 5.41) is 9.40. The summed E-state index contributed by atoms with van der Waals surface area (Å²) < 4.78 is 0. The van der Waals surface area contributed by atoms with Crippen LogP contribution in [-0.2, 0) is 6.54 Å². The molecule has 7 nitrogen and oxygen atoms in total. The molecule has 4 rings (SSSR count). The number of hydrogen-bond acceptors (Lipinski definition) is 6. The number of likely N-dealkylation sites (tertiary alicyclic amines) is 1. The van der Waals surface area contributed by atoms with E-state index < -0.39 is 0 Å². The van der Waals surface area contributed by atoms with Crippen LogP contribution in [0.1, 0.15) is 87.6 Å². The average molecular weight is 506 g/mol. The van der Waals surface area contributed by atoms with Gasteiger partial charge in [0.05, 0.1) is 6.04 Å². The first-order chi connectivity index (χ1) is 17.4. The molecule has 8 heteroatoms. The Morgan fingerprint density at radius 3 is 2.78 bits per heavy atom. The maximum Gasteiger partial charge on any atom is 0.254 e. The molecule has 0 unspecified atom stereocenters. The smallest absolute Gasteiger partial charge is 0.254 e. The first-order valence-corrected chi connectivity index (χ1v) is 13.6. The average Bonchev–Trinajstić information content (AvgIpc) is 3.54. The fourth-order valence-corrected chi connectivity index (χ4v) is 5.36. The zero-order valence-corrected chi connectivity index (χ0v) is 22.1. The van der Waals surface area contributed by atoms with Gasteiger partial charge in [0.1, 0.15) is 5.01 Å². The van der Waals surface area contributed by atoms with E-state index >= 15 is 0 Å². The molecule has 2 amide bonds. The first kappa shape index (κ1) is 26.0. The molecule has 0 spiro atoms. The molecule has 1 aliphatic heterocycles. The molecule has 0 radical (unpaired) electrons. The Morgan fingerprint density at radius 2 is 2.00 bits per heavy atom. The number of rotatable bonds is 10. The summed E-state index contributed by atoms with van der Waals surface area (Å²) in [6, 6.07) is 9.22. The third-order valence-electron chi connectivity index (χ3n) is 6.43. The molecule has 1 saturated heterocycles. The summed E-state index contributed by atoms with van der Waals surface area (Å²) in [4.78, 5) is 36.8. The number of benzene rings is 1. The second-order valence-electron chi connectivity index (χ2n) is 9.63. The van der Waals surface area contributed by atoms with Gasteiger partial charge in [-0.2, -0.15) is 0 Å². The number of aryl methyl sites for hydroxylation is 1. The number of carbonyl (C=O) groups is 2. The molecule has 1 aromatic carbocycles. The van der Waals surface area contributed by atoms with Gasteiger partial charge in [-0.15, -0.1) is 11.3 Å². The van der Waals surface area contributed by atoms with Crippen molar-refractivity contribution in [3.05, 3.63) is 81.1 Å². The Hall–Kier alpha value is -3.10. The molecule has 2 aromatic heterocycles. The van der Waals surface area contributed by atoms with Crippen LogP contribution in [0.15, 0.2) is 48.1 Å². The van der Waals surface area contributed by atoms with Gasteiger partial charge in [0, 0.05) is 54.2 Å². The van der Waals surface area contributed by atoms with Crippen molar-refractivity contribution in [2.24, 2.45) is 0 Å². The molecule has 190 valence electrons. The monoisotopic (exact) mass is 505 g/mol. The van der Waals surface area contributed by atoms with E-state index in [0.717, 1.165) is 48.6 Å². The predicted octanol–water partition coefficient (Wildman–Crippen LogP) is 4.86. The third-order valence-corrected chi connectivity index (χ3v) is 7.50. The van der Waals surface area contributed by atoms with Crippen LogP contribution in [-0.4, -0.2) is 46.3 Å². The fraction of sp³-hybridized carbons (Fsp3) is 0.429. The minimum atomic E-state index is -0.160. The summed E-state index contributed by atoms with van der Waals surface area (Å²) >= 11 is 1.61. The van der Waals surface area contributed by atoms with Gasteiger partial charge in [-0.3, -0.25) is 14.6 Å². The number of pyridine rings is 1. The van der Waals surface area contributed by atoms with Crippen molar-refractivity contribution in [2.45, 2.75) is 58.5 Å². The number of carbonyl (C=O) groups excluding carboxylic acids is 2. The number of thiazole rings is 1. The van der Waals surface area contributed by atoms with Gasteiger partial charge in [0.15, 0.2) is 0 Å². The number of amides is 2. The van der Waals surface area contributed by atoms with Crippen molar-refractivity contribution in [1.82, 2.24) is 25.5 Å². The van der Waals surface area contributed by atoms with E-state index in [2.05, 4.69) is 40.5 Å². The second kappa shape index (κ2) is 12.2. The standard InChI is InChI=1S/C28H35N5O2S/c1-19(2)24-13-21(16-30-17-24)15-29-10-6-11-31-26(34)22-7-4-8-23(14-22)28(35)33-12-5-9-25(33)27-32-20(3)18-36-27/h4,7-8,13-14,16-19,25,29H,5-6,9-12,15H2,1-3H3,(H,31,34)/t25-/m1/s1. The molecule has 3 aromatic rings. The van der Waals surface area contributed by atoms with Crippen LogP contribution in [0.5, 0.6) is 0 Å². The van der Waals surface area contributed by atoms with Crippen LogP contribution in [0, 0.1) is 6.92 Å². The maximum atomic E-state index is 13.3. The maximum absolute atomic E-state index is 13.3. The first-order valence-electron chi connectivity index (χ1n) is 12.7. The number of aromatic nitrogens is 2. The van der Waals surface area contributed by atoms with Crippen LogP contribution in [0.2, 0.25) is 0 Å². The van der Waals surface area contributed by atoms with Crippen molar-refractivity contribution in [3.8, 4) is 0 Å². The topological polar surface area (TPSA) is 87.2 Å². The van der Waals surface area contributed by atoms with E-state index in [1.807, 2.05) is 29.6 Å². The van der Waals surface area contributed by atoms with Crippen LogP contribution in [0.4, 0.5) is 0 Å². The minimum Gasteiger partial charge on any atom is -0.352 e. The largest absolute Gasteiger partial charge is 0.352 e. The molecule has 1 fully saturated rings. The van der Waals surface area contributed by atoms with Gasteiger partial charge < -0.3 is 15.5 Å². The predicted molar refractivity (Wildman–Crippen MR) is 143 cm³/mol. The molecule has 2 N–H and O–H groups in total. The van der Waals surface area contributed by atoms with Crippen molar-refractivity contribution in [3.63, 3.8) is 0 Å². The normalized spacial score (nSPS) is 15.4.